The molecule has 2 aliphatic heterocycles. The molecule has 1 atom stereocenters. The fourth-order valence-electron chi connectivity index (χ4n) is 4.86. The van der Waals surface area contributed by atoms with Gasteiger partial charge in [-0.15, -0.1) is 0 Å². The monoisotopic (exact) mass is 431 g/mol. The van der Waals surface area contributed by atoms with Gasteiger partial charge >= 0.3 is 0 Å². The van der Waals surface area contributed by atoms with Crippen LogP contribution >= 0.6 is 0 Å². The van der Waals surface area contributed by atoms with Crippen molar-refractivity contribution >= 4 is 15.9 Å². The van der Waals surface area contributed by atoms with E-state index in [1.165, 1.54) is 15.4 Å². The molecule has 7 nitrogen and oxygen atoms in total. The van der Waals surface area contributed by atoms with Gasteiger partial charge in [-0.3, -0.25) is 4.79 Å². The van der Waals surface area contributed by atoms with Gasteiger partial charge in [0.1, 0.15) is 10.6 Å². The molecule has 0 saturated carbocycles. The van der Waals surface area contributed by atoms with Gasteiger partial charge < -0.3 is 9.42 Å². The molecule has 1 aromatic heterocycles. The lowest BCUT2D eigenvalue weighted by Crippen LogP contribution is -2.44. The van der Waals surface area contributed by atoms with Gasteiger partial charge in [-0.25, -0.2) is 8.42 Å². The Balaban J connectivity index is 1.45. The maximum absolute atomic E-state index is 13.3. The van der Waals surface area contributed by atoms with Crippen LogP contribution in [0.4, 0.5) is 0 Å². The molecule has 2 aromatic rings. The van der Waals surface area contributed by atoms with E-state index < -0.39 is 10.0 Å². The molecule has 0 aliphatic carbocycles. The zero-order chi connectivity index (χ0) is 21.5. The Morgan fingerprint density at radius 3 is 2.40 bits per heavy atom. The molecule has 0 radical (unpaired) electrons. The van der Waals surface area contributed by atoms with Crippen LogP contribution in [0.25, 0.3) is 0 Å². The molecule has 2 aliphatic rings. The number of aryl methyl sites for hydroxylation is 3. The highest BCUT2D eigenvalue weighted by Crippen LogP contribution is 2.36. The van der Waals surface area contributed by atoms with Crippen LogP contribution < -0.4 is 0 Å². The summed E-state index contributed by atoms with van der Waals surface area (Å²) in [5.41, 5.74) is 2.81. The van der Waals surface area contributed by atoms with Crippen molar-refractivity contribution in [2.24, 2.45) is 5.92 Å². The second kappa shape index (κ2) is 8.15. The molecule has 3 heterocycles. The number of carbonyl (C=O) groups excluding carboxylic acids is 1. The van der Waals surface area contributed by atoms with Gasteiger partial charge in [-0.05, 0) is 57.6 Å². The predicted octanol–water partition coefficient (Wildman–Crippen LogP) is 3.36. The van der Waals surface area contributed by atoms with Crippen LogP contribution in [0.15, 0.2) is 33.7 Å². The Morgan fingerprint density at radius 2 is 1.77 bits per heavy atom. The van der Waals surface area contributed by atoms with E-state index in [9.17, 15) is 13.2 Å². The quantitative estimate of drug-likeness (QED) is 0.741. The van der Waals surface area contributed by atoms with Crippen molar-refractivity contribution in [2.45, 2.75) is 57.4 Å². The van der Waals surface area contributed by atoms with Crippen LogP contribution in [0, 0.1) is 26.7 Å². The Hall–Kier alpha value is -2.19. The number of sulfonamides is 1. The van der Waals surface area contributed by atoms with E-state index in [0.717, 1.165) is 19.4 Å². The molecule has 1 amide bonds. The van der Waals surface area contributed by atoms with Crippen molar-refractivity contribution in [3.63, 3.8) is 0 Å². The Morgan fingerprint density at radius 1 is 1.07 bits per heavy atom. The number of amides is 1. The van der Waals surface area contributed by atoms with E-state index in [2.05, 4.69) is 24.2 Å². The summed E-state index contributed by atoms with van der Waals surface area (Å²) >= 11 is 0. The van der Waals surface area contributed by atoms with Gasteiger partial charge in [0, 0.05) is 25.6 Å². The number of carbonyl (C=O) groups is 1. The van der Waals surface area contributed by atoms with Gasteiger partial charge in [0.15, 0.2) is 5.76 Å². The summed E-state index contributed by atoms with van der Waals surface area (Å²) in [5.74, 6) is 0.338. The number of piperidine rings is 1. The van der Waals surface area contributed by atoms with E-state index >= 15 is 0 Å². The SMILES string of the molecule is Cc1ccccc1C1CCCN1C(=O)C1CCN(S(=O)(=O)c2c(C)noc2C)CC1. The van der Waals surface area contributed by atoms with E-state index in [0.29, 0.717) is 37.4 Å². The highest BCUT2D eigenvalue weighted by atomic mass is 32.2. The minimum absolute atomic E-state index is 0.128. The van der Waals surface area contributed by atoms with Crippen LogP contribution in [0.5, 0.6) is 0 Å². The summed E-state index contributed by atoms with van der Waals surface area (Å²) in [5, 5.41) is 3.78. The first-order chi connectivity index (χ1) is 14.3. The first-order valence-corrected chi connectivity index (χ1v) is 12.0. The maximum Gasteiger partial charge on any atom is 0.248 e. The number of benzene rings is 1. The normalized spacial score (nSPS) is 21.3. The molecule has 0 spiro atoms. The molecule has 4 rings (SSSR count). The van der Waals surface area contributed by atoms with Crippen molar-refractivity contribution in [2.75, 3.05) is 19.6 Å². The van der Waals surface area contributed by atoms with E-state index in [-0.39, 0.29) is 22.8 Å². The van der Waals surface area contributed by atoms with Crippen LogP contribution in [0.3, 0.4) is 0 Å². The Kier molecular flexibility index (Phi) is 5.72. The molecule has 1 unspecified atom stereocenters. The van der Waals surface area contributed by atoms with Gasteiger partial charge in [0.2, 0.25) is 15.9 Å². The highest BCUT2D eigenvalue weighted by Gasteiger charge is 2.39. The van der Waals surface area contributed by atoms with Gasteiger partial charge in [-0.1, -0.05) is 29.4 Å². The smallest absolute Gasteiger partial charge is 0.248 e. The lowest BCUT2D eigenvalue weighted by molar-refractivity contribution is -0.137. The molecule has 1 aromatic carbocycles. The molecule has 2 saturated heterocycles. The number of nitrogens with zero attached hydrogens (tertiary/aromatic N) is 3. The van der Waals surface area contributed by atoms with Crippen LogP contribution in [-0.2, 0) is 14.8 Å². The number of likely N-dealkylation sites (tertiary alicyclic amines) is 1. The summed E-state index contributed by atoms with van der Waals surface area (Å²) in [6, 6.07) is 8.39. The first kappa shape index (κ1) is 21.1. The molecular formula is C22H29N3O4S. The van der Waals surface area contributed by atoms with E-state index in [1.54, 1.807) is 13.8 Å². The molecule has 162 valence electrons. The molecule has 2 fully saturated rings. The lowest BCUT2D eigenvalue weighted by atomic mass is 9.94. The van der Waals surface area contributed by atoms with Crippen LogP contribution in [0.2, 0.25) is 0 Å². The fraction of sp³-hybridized carbons (Fsp3) is 0.545. The van der Waals surface area contributed by atoms with Crippen molar-refractivity contribution in [1.29, 1.82) is 0 Å². The number of aromatic nitrogens is 1. The maximum atomic E-state index is 13.3. The lowest BCUT2D eigenvalue weighted by Gasteiger charge is -2.34. The van der Waals surface area contributed by atoms with E-state index in [4.69, 9.17) is 4.52 Å². The first-order valence-electron chi connectivity index (χ1n) is 10.6. The summed E-state index contributed by atoms with van der Waals surface area (Å²) in [6.45, 7) is 6.79. The molecule has 8 heteroatoms. The zero-order valence-electron chi connectivity index (χ0n) is 17.8. The number of rotatable bonds is 4. The third-order valence-electron chi connectivity index (χ3n) is 6.45. The number of hydrogen-bond acceptors (Lipinski definition) is 5. The standard InChI is InChI=1S/C22H29N3O4S/c1-15-7-4-5-8-19(15)20-9-6-12-25(20)22(26)18-10-13-24(14-11-18)30(27,28)21-16(2)23-29-17(21)3/h4-5,7-8,18,20H,6,9-14H2,1-3H3. The highest BCUT2D eigenvalue weighted by molar-refractivity contribution is 7.89. The summed E-state index contributed by atoms with van der Waals surface area (Å²) in [4.78, 5) is 15.5. The topological polar surface area (TPSA) is 83.7 Å². The summed E-state index contributed by atoms with van der Waals surface area (Å²) in [7, 11) is -3.66. The molecule has 30 heavy (non-hydrogen) atoms. The van der Waals surface area contributed by atoms with Crippen molar-refractivity contribution in [1.82, 2.24) is 14.4 Å². The van der Waals surface area contributed by atoms with Crippen molar-refractivity contribution in [3.05, 3.63) is 46.8 Å². The number of hydrogen-bond donors (Lipinski definition) is 0. The zero-order valence-corrected chi connectivity index (χ0v) is 18.6. The second-order valence-electron chi connectivity index (χ2n) is 8.38. The van der Waals surface area contributed by atoms with Gasteiger partial charge in [-0.2, -0.15) is 4.31 Å². The average Bonchev–Trinajstić information content (AvgIpc) is 3.34. The van der Waals surface area contributed by atoms with Gasteiger partial charge in [0.05, 0.1) is 6.04 Å². The molecule has 0 bridgehead atoms. The van der Waals surface area contributed by atoms with E-state index in [1.807, 2.05) is 17.0 Å². The minimum atomic E-state index is -3.66. The largest absolute Gasteiger partial charge is 0.360 e. The minimum Gasteiger partial charge on any atom is -0.360 e. The third kappa shape index (κ3) is 3.67. The predicted molar refractivity (Wildman–Crippen MR) is 112 cm³/mol. The van der Waals surface area contributed by atoms with Crippen LogP contribution in [-0.4, -0.2) is 48.3 Å². The Labute approximate surface area is 178 Å². The third-order valence-corrected chi connectivity index (χ3v) is 8.60. The van der Waals surface area contributed by atoms with Crippen LogP contribution in [0.1, 0.15) is 54.3 Å². The fourth-order valence-corrected chi connectivity index (χ4v) is 6.62. The molecule has 0 N–H and O–H groups in total. The summed E-state index contributed by atoms with van der Waals surface area (Å²) in [6.07, 6.45) is 3.07. The Bertz CT molecular complexity index is 1020. The second-order valence-corrected chi connectivity index (χ2v) is 10.3. The average molecular weight is 432 g/mol. The van der Waals surface area contributed by atoms with Crippen molar-refractivity contribution in [3.8, 4) is 0 Å². The molecular weight excluding hydrogens is 402 g/mol. The van der Waals surface area contributed by atoms with Crippen molar-refractivity contribution < 1.29 is 17.7 Å². The van der Waals surface area contributed by atoms with Gasteiger partial charge in [0.25, 0.3) is 0 Å². The summed E-state index contributed by atoms with van der Waals surface area (Å²) < 4.78 is 32.6.